The standard InChI is InChI=1S/C25H20N4O.2C4H6O4/c1-29-16-22(19-12-14-26-15-13-19)25(28-29)21-8-6-18(7-9-21)17-30-24-11-10-20-4-2-3-5-23(20)27-24;2*5-3(6)1-2-4(7)8/h2-16H,17H2,1H3;2*1-2H2,(H,5,6)(H,7,8). The molecule has 13 nitrogen and oxygen atoms in total. The molecule has 3 aromatic heterocycles. The summed E-state index contributed by atoms with van der Waals surface area (Å²) in [6, 6.07) is 24.3. The number of carboxylic acids is 4. The van der Waals surface area contributed by atoms with Crippen LogP contribution in [0.5, 0.6) is 5.88 Å². The van der Waals surface area contributed by atoms with Gasteiger partial charge in [-0.1, -0.05) is 42.5 Å². The molecule has 0 atom stereocenters. The van der Waals surface area contributed by atoms with E-state index in [1.54, 1.807) is 12.4 Å². The van der Waals surface area contributed by atoms with E-state index >= 15 is 0 Å². The first-order valence-electron chi connectivity index (χ1n) is 13.9. The molecule has 46 heavy (non-hydrogen) atoms. The molecular weight excluding hydrogens is 596 g/mol. The first-order valence-corrected chi connectivity index (χ1v) is 13.9. The lowest BCUT2D eigenvalue weighted by molar-refractivity contribution is -0.143. The molecule has 2 aromatic carbocycles. The fourth-order valence-corrected chi connectivity index (χ4v) is 3.92. The predicted octanol–water partition coefficient (Wildman–Crippen LogP) is 5.15. The molecule has 0 aliphatic rings. The van der Waals surface area contributed by atoms with Gasteiger partial charge >= 0.3 is 23.9 Å². The zero-order valence-electron chi connectivity index (χ0n) is 24.8. The summed E-state index contributed by atoms with van der Waals surface area (Å²) in [6.45, 7) is 0.463. The number of aryl methyl sites for hydroxylation is 1. The van der Waals surface area contributed by atoms with E-state index < -0.39 is 23.9 Å². The smallest absolute Gasteiger partial charge is 0.303 e. The molecule has 0 aliphatic heterocycles. The summed E-state index contributed by atoms with van der Waals surface area (Å²) < 4.78 is 7.75. The van der Waals surface area contributed by atoms with Crippen LogP contribution in [0.3, 0.4) is 0 Å². The van der Waals surface area contributed by atoms with Gasteiger partial charge in [0, 0.05) is 48.2 Å². The van der Waals surface area contributed by atoms with Gasteiger partial charge in [-0.05, 0) is 35.4 Å². The summed E-state index contributed by atoms with van der Waals surface area (Å²) in [4.78, 5) is 47.2. The van der Waals surface area contributed by atoms with Crippen LogP contribution in [0.2, 0.25) is 0 Å². The summed E-state index contributed by atoms with van der Waals surface area (Å²) in [7, 11) is 1.94. The lowest BCUT2D eigenvalue weighted by atomic mass is 10.0. The monoisotopic (exact) mass is 628 g/mol. The fraction of sp³-hybridized carbons (Fsp3) is 0.182. The molecule has 0 spiro atoms. The number of pyridine rings is 2. The summed E-state index contributed by atoms with van der Waals surface area (Å²) in [5.41, 5.74) is 6.22. The number of benzene rings is 2. The van der Waals surface area contributed by atoms with Crippen LogP contribution in [-0.4, -0.2) is 64.1 Å². The van der Waals surface area contributed by atoms with Gasteiger partial charge in [0.05, 0.1) is 31.2 Å². The van der Waals surface area contributed by atoms with Crippen molar-refractivity contribution in [3.63, 3.8) is 0 Å². The first kappa shape index (κ1) is 34.4. The minimum absolute atomic E-state index is 0.296. The highest BCUT2D eigenvalue weighted by Gasteiger charge is 2.12. The maximum Gasteiger partial charge on any atom is 0.303 e. The van der Waals surface area contributed by atoms with Gasteiger partial charge in [0.1, 0.15) is 12.3 Å². The first-order chi connectivity index (χ1) is 22.0. The minimum atomic E-state index is -1.08. The van der Waals surface area contributed by atoms with Crippen LogP contribution < -0.4 is 4.74 Å². The number of carbonyl (C=O) groups is 4. The quantitative estimate of drug-likeness (QED) is 0.150. The third-order valence-corrected chi connectivity index (χ3v) is 6.11. The number of nitrogens with zero attached hydrogens (tertiary/aromatic N) is 4. The van der Waals surface area contributed by atoms with Crippen LogP contribution in [-0.2, 0) is 32.8 Å². The van der Waals surface area contributed by atoms with Gasteiger partial charge in [0.2, 0.25) is 5.88 Å². The molecule has 4 N–H and O–H groups in total. The molecule has 0 aliphatic carbocycles. The Bertz CT molecular complexity index is 1720. The van der Waals surface area contributed by atoms with Crippen molar-refractivity contribution in [2.75, 3.05) is 0 Å². The molecule has 0 fully saturated rings. The lowest BCUT2D eigenvalue weighted by Crippen LogP contribution is -2.00. The van der Waals surface area contributed by atoms with Crippen molar-refractivity contribution in [3.05, 3.63) is 97.0 Å². The second kappa shape index (κ2) is 17.3. The molecular formula is C33H32N4O9. The molecule has 0 saturated carbocycles. The number of ether oxygens (including phenoxy) is 1. The molecule has 0 unspecified atom stereocenters. The van der Waals surface area contributed by atoms with E-state index in [0.29, 0.717) is 12.5 Å². The number of rotatable bonds is 11. The fourth-order valence-electron chi connectivity index (χ4n) is 3.92. The molecule has 13 heteroatoms. The summed E-state index contributed by atoms with van der Waals surface area (Å²) in [5, 5.41) is 37.4. The predicted molar refractivity (Wildman–Crippen MR) is 167 cm³/mol. The molecule has 0 amide bonds. The van der Waals surface area contributed by atoms with E-state index in [4.69, 9.17) is 25.2 Å². The topological polar surface area (TPSA) is 202 Å². The Hall–Kier alpha value is -6.11. The zero-order chi connectivity index (χ0) is 33.5. The molecule has 238 valence electrons. The van der Waals surface area contributed by atoms with Crippen molar-refractivity contribution < 1.29 is 44.3 Å². The average molecular weight is 629 g/mol. The number of aliphatic carboxylic acids is 4. The van der Waals surface area contributed by atoms with E-state index in [9.17, 15) is 19.2 Å². The van der Waals surface area contributed by atoms with E-state index in [1.165, 1.54) is 0 Å². The number of hydrogen-bond donors (Lipinski definition) is 4. The van der Waals surface area contributed by atoms with Crippen molar-refractivity contribution in [1.29, 1.82) is 0 Å². The van der Waals surface area contributed by atoms with Gasteiger partial charge in [-0.2, -0.15) is 5.10 Å². The molecule has 0 radical (unpaired) electrons. The third kappa shape index (κ3) is 11.5. The van der Waals surface area contributed by atoms with Crippen LogP contribution in [0.15, 0.2) is 91.4 Å². The van der Waals surface area contributed by atoms with Crippen LogP contribution in [0.25, 0.3) is 33.3 Å². The Morgan fingerprint density at radius 1 is 0.696 bits per heavy atom. The van der Waals surface area contributed by atoms with Gasteiger partial charge in [0.15, 0.2) is 0 Å². The van der Waals surface area contributed by atoms with Crippen molar-refractivity contribution in [1.82, 2.24) is 19.7 Å². The number of hydrogen-bond acceptors (Lipinski definition) is 8. The summed E-state index contributed by atoms with van der Waals surface area (Å²) in [6.07, 6.45) is 4.45. The number of para-hydroxylation sites is 1. The molecule has 5 aromatic rings. The Balaban J connectivity index is 0.000000299. The molecule has 5 rings (SSSR count). The van der Waals surface area contributed by atoms with E-state index in [-0.39, 0.29) is 25.7 Å². The highest BCUT2D eigenvalue weighted by molar-refractivity contribution is 5.81. The van der Waals surface area contributed by atoms with Crippen molar-refractivity contribution in [2.24, 2.45) is 7.05 Å². The Kier molecular flexibility index (Phi) is 12.9. The second-order valence-electron chi connectivity index (χ2n) is 9.70. The minimum Gasteiger partial charge on any atom is -0.481 e. The summed E-state index contributed by atoms with van der Waals surface area (Å²) in [5.74, 6) is -3.68. The van der Waals surface area contributed by atoms with Gasteiger partial charge in [-0.25, -0.2) is 4.98 Å². The van der Waals surface area contributed by atoms with E-state index in [1.807, 2.05) is 66.5 Å². The largest absolute Gasteiger partial charge is 0.481 e. The zero-order valence-corrected chi connectivity index (χ0v) is 24.8. The maximum absolute atomic E-state index is 9.64. The van der Waals surface area contributed by atoms with Gasteiger partial charge in [-0.3, -0.25) is 28.8 Å². The van der Waals surface area contributed by atoms with E-state index in [2.05, 4.69) is 39.3 Å². The Morgan fingerprint density at radius 3 is 1.83 bits per heavy atom. The molecule has 0 saturated heterocycles. The van der Waals surface area contributed by atoms with Crippen LogP contribution in [0.4, 0.5) is 0 Å². The van der Waals surface area contributed by atoms with Crippen molar-refractivity contribution in [3.8, 4) is 28.3 Å². The lowest BCUT2D eigenvalue weighted by Gasteiger charge is -2.08. The number of aromatic nitrogens is 4. The number of carboxylic acid groups (broad SMARTS) is 4. The van der Waals surface area contributed by atoms with Crippen molar-refractivity contribution >= 4 is 34.8 Å². The highest BCUT2D eigenvalue weighted by atomic mass is 16.5. The average Bonchev–Trinajstić information content (AvgIpc) is 3.44. The van der Waals surface area contributed by atoms with Crippen LogP contribution >= 0.6 is 0 Å². The Labute approximate surface area is 263 Å². The van der Waals surface area contributed by atoms with Gasteiger partial charge in [-0.15, -0.1) is 0 Å². The molecule has 0 bridgehead atoms. The normalized spacial score (nSPS) is 10.1. The Morgan fingerprint density at radius 2 is 1.26 bits per heavy atom. The number of fused-ring (bicyclic) bond motifs is 1. The van der Waals surface area contributed by atoms with Crippen LogP contribution in [0, 0.1) is 0 Å². The second-order valence-corrected chi connectivity index (χ2v) is 9.70. The van der Waals surface area contributed by atoms with Crippen molar-refractivity contribution in [2.45, 2.75) is 32.3 Å². The maximum atomic E-state index is 9.64. The molecule has 3 heterocycles. The van der Waals surface area contributed by atoms with Gasteiger partial charge < -0.3 is 25.2 Å². The summed E-state index contributed by atoms with van der Waals surface area (Å²) >= 11 is 0. The SMILES string of the molecule is Cn1cc(-c2ccncc2)c(-c2ccc(COc3ccc4ccccc4n3)cc2)n1.O=C(O)CCC(=O)O.O=C(O)CCC(=O)O. The highest BCUT2D eigenvalue weighted by Crippen LogP contribution is 2.30. The van der Waals surface area contributed by atoms with E-state index in [0.717, 1.165) is 38.9 Å². The third-order valence-electron chi connectivity index (χ3n) is 6.11. The van der Waals surface area contributed by atoms with Crippen LogP contribution in [0.1, 0.15) is 31.2 Å². The van der Waals surface area contributed by atoms with Gasteiger partial charge in [0.25, 0.3) is 0 Å².